The topological polar surface area (TPSA) is 93.7 Å². The molecule has 2 amide bonds. The second-order valence-electron chi connectivity index (χ2n) is 8.01. The number of alkyl halides is 2. The fraction of sp³-hybridized carbons (Fsp3) is 0.450. The molecular weight excluding hydrogens is 467 g/mol. The number of ether oxygens (including phenoxy) is 1. The first kappa shape index (κ1) is 24.2. The van der Waals surface area contributed by atoms with Gasteiger partial charge in [0.1, 0.15) is 18.0 Å². The van der Waals surface area contributed by atoms with Crippen LogP contribution in [0.5, 0.6) is 5.75 Å². The van der Waals surface area contributed by atoms with Gasteiger partial charge in [-0.15, -0.1) is 12.4 Å². The Hall–Kier alpha value is -2.43. The van der Waals surface area contributed by atoms with Gasteiger partial charge in [0.25, 0.3) is 5.91 Å². The average molecular weight is 490 g/mol. The lowest BCUT2D eigenvalue weighted by atomic mass is 10.0. The van der Waals surface area contributed by atoms with Crippen molar-refractivity contribution < 1.29 is 23.1 Å². The summed E-state index contributed by atoms with van der Waals surface area (Å²) in [6.07, 6.45) is 1.34. The Morgan fingerprint density at radius 3 is 2.50 bits per heavy atom. The van der Waals surface area contributed by atoms with Crippen molar-refractivity contribution in [2.24, 2.45) is 17.6 Å². The molecule has 2 atom stereocenters. The van der Waals surface area contributed by atoms with Gasteiger partial charge in [-0.1, -0.05) is 11.6 Å². The van der Waals surface area contributed by atoms with Gasteiger partial charge < -0.3 is 20.3 Å². The summed E-state index contributed by atoms with van der Waals surface area (Å²) < 4.78 is 31.5. The number of carbonyl (C=O) groups excluding carboxylic acids is 2. The van der Waals surface area contributed by atoms with E-state index in [1.807, 2.05) is 0 Å². The number of carbonyl (C=O) groups is 2. The van der Waals surface area contributed by atoms with Gasteiger partial charge in [0, 0.05) is 43.0 Å². The highest BCUT2D eigenvalue weighted by atomic mass is 35.5. The van der Waals surface area contributed by atoms with E-state index in [4.69, 9.17) is 17.3 Å². The molecule has 2 aliphatic rings. The van der Waals surface area contributed by atoms with E-state index in [2.05, 4.69) is 21.8 Å². The van der Waals surface area contributed by atoms with Gasteiger partial charge in [0.2, 0.25) is 5.91 Å². The van der Waals surface area contributed by atoms with Crippen LogP contribution in [0.1, 0.15) is 10.4 Å². The molecule has 0 bridgehead atoms. The van der Waals surface area contributed by atoms with Crippen molar-refractivity contribution in [3.63, 3.8) is 0 Å². The maximum absolute atomic E-state index is 12.8. The highest BCUT2D eigenvalue weighted by Crippen LogP contribution is 2.35. The van der Waals surface area contributed by atoms with Crippen LogP contribution in [0, 0.1) is 11.8 Å². The zero-order valence-electron chi connectivity index (χ0n) is 17.2. The van der Waals surface area contributed by atoms with Crippen molar-refractivity contribution in [1.82, 2.24) is 19.6 Å². The number of amides is 2. The summed E-state index contributed by atoms with van der Waals surface area (Å²) in [5.41, 5.74) is 5.56. The third-order valence-corrected chi connectivity index (χ3v) is 5.99. The Morgan fingerprint density at radius 2 is 1.91 bits per heavy atom. The minimum Gasteiger partial charge on any atom is -0.434 e. The van der Waals surface area contributed by atoms with E-state index in [0.29, 0.717) is 24.9 Å². The molecule has 2 N–H and O–H groups in total. The zero-order chi connectivity index (χ0) is 22.3. The molecule has 2 aromatic rings. The molecule has 0 spiro atoms. The standard InChI is InChI=1S/C20H22ClF2N5O3.ClH/c1-26-5-11-7-27(8-12(11)6-26)17(29)10-28-9-15(19(24)30)18(25-28)14-4-13(21)2-3-16(14)31-20(22)23;/h2-4,9,11-12,20H,5-8,10H2,1H3,(H2,24,30);1H/t11-,12+;. The van der Waals surface area contributed by atoms with Crippen LogP contribution >= 0.6 is 24.0 Å². The SMILES string of the molecule is CN1C[C@@H]2CN(C(=O)Cn3cc(C(N)=O)c(-c4cc(Cl)ccc4OC(F)F)n3)C[C@@H]2C1.Cl. The number of nitrogens with zero attached hydrogens (tertiary/aromatic N) is 4. The summed E-state index contributed by atoms with van der Waals surface area (Å²) in [6, 6.07) is 4.01. The number of aromatic nitrogens is 2. The highest BCUT2D eigenvalue weighted by Gasteiger charge is 2.40. The molecular formula is C20H23Cl2F2N5O3. The molecule has 12 heteroatoms. The number of halogens is 4. The summed E-state index contributed by atoms with van der Waals surface area (Å²) in [4.78, 5) is 28.9. The number of hydrogen-bond acceptors (Lipinski definition) is 5. The van der Waals surface area contributed by atoms with Crippen molar-refractivity contribution in [1.29, 1.82) is 0 Å². The molecule has 1 aromatic heterocycles. The summed E-state index contributed by atoms with van der Waals surface area (Å²) in [5, 5.41) is 4.52. The van der Waals surface area contributed by atoms with Gasteiger partial charge in [-0.25, -0.2) is 0 Å². The van der Waals surface area contributed by atoms with Crippen LogP contribution in [0.4, 0.5) is 8.78 Å². The van der Waals surface area contributed by atoms with Gasteiger partial charge in [-0.05, 0) is 37.1 Å². The molecule has 174 valence electrons. The lowest BCUT2D eigenvalue weighted by Gasteiger charge is -2.19. The molecule has 3 heterocycles. The van der Waals surface area contributed by atoms with E-state index in [1.54, 1.807) is 4.90 Å². The molecule has 0 unspecified atom stereocenters. The fourth-order valence-electron chi connectivity index (χ4n) is 4.44. The van der Waals surface area contributed by atoms with Crippen molar-refractivity contribution in [3.8, 4) is 17.0 Å². The largest absolute Gasteiger partial charge is 0.434 e. The fourth-order valence-corrected chi connectivity index (χ4v) is 4.61. The Balaban J connectivity index is 0.00000289. The third kappa shape index (κ3) is 4.97. The van der Waals surface area contributed by atoms with E-state index in [-0.39, 0.29) is 52.5 Å². The number of hydrogen-bond donors (Lipinski definition) is 1. The molecule has 0 saturated carbocycles. The van der Waals surface area contributed by atoms with Crippen LogP contribution in [0.25, 0.3) is 11.3 Å². The minimum atomic E-state index is -3.07. The third-order valence-electron chi connectivity index (χ3n) is 5.76. The van der Waals surface area contributed by atoms with Crippen LogP contribution in [0.15, 0.2) is 24.4 Å². The zero-order valence-corrected chi connectivity index (χ0v) is 18.8. The van der Waals surface area contributed by atoms with Crippen LogP contribution in [0.3, 0.4) is 0 Å². The summed E-state index contributed by atoms with van der Waals surface area (Å²) in [7, 11) is 2.07. The normalized spacial score (nSPS) is 20.3. The molecule has 8 nitrogen and oxygen atoms in total. The van der Waals surface area contributed by atoms with E-state index < -0.39 is 12.5 Å². The van der Waals surface area contributed by atoms with Crippen LogP contribution in [0.2, 0.25) is 5.02 Å². The predicted molar refractivity (Wildman–Crippen MR) is 116 cm³/mol. The summed E-state index contributed by atoms with van der Waals surface area (Å²) >= 11 is 6.01. The highest BCUT2D eigenvalue weighted by molar-refractivity contribution is 6.31. The summed E-state index contributed by atoms with van der Waals surface area (Å²) in [6.45, 7) is 0.133. The number of primary amides is 1. The minimum absolute atomic E-state index is 0. The lowest BCUT2D eigenvalue weighted by Crippen LogP contribution is -2.34. The number of rotatable bonds is 6. The molecule has 1 aromatic carbocycles. The second kappa shape index (κ2) is 9.60. The van der Waals surface area contributed by atoms with Crippen LogP contribution in [-0.4, -0.2) is 71.2 Å². The van der Waals surface area contributed by atoms with Crippen LogP contribution in [-0.2, 0) is 11.3 Å². The molecule has 2 fully saturated rings. The number of nitrogens with two attached hydrogens (primary N) is 1. The van der Waals surface area contributed by atoms with Gasteiger partial charge in [-0.3, -0.25) is 14.3 Å². The average Bonchev–Trinajstić information content (AvgIpc) is 3.35. The van der Waals surface area contributed by atoms with Crippen molar-refractivity contribution in [2.75, 3.05) is 33.2 Å². The first-order chi connectivity index (χ1) is 14.7. The quantitative estimate of drug-likeness (QED) is 0.671. The molecule has 2 saturated heterocycles. The molecule has 2 aliphatic heterocycles. The first-order valence-corrected chi connectivity index (χ1v) is 10.2. The Morgan fingerprint density at radius 1 is 1.25 bits per heavy atom. The molecule has 4 rings (SSSR count). The van der Waals surface area contributed by atoms with E-state index in [1.165, 1.54) is 29.1 Å². The maximum atomic E-state index is 12.8. The van der Waals surface area contributed by atoms with E-state index in [0.717, 1.165) is 13.1 Å². The summed E-state index contributed by atoms with van der Waals surface area (Å²) in [5.74, 6) is -0.213. The van der Waals surface area contributed by atoms with Crippen molar-refractivity contribution >= 4 is 35.8 Å². The smallest absolute Gasteiger partial charge is 0.387 e. The number of fused-ring (bicyclic) bond motifs is 1. The Kier molecular flexibility index (Phi) is 7.26. The molecule has 32 heavy (non-hydrogen) atoms. The Labute approximate surface area is 194 Å². The number of benzene rings is 1. The lowest BCUT2D eigenvalue weighted by molar-refractivity contribution is -0.131. The number of likely N-dealkylation sites (tertiary alicyclic amines) is 2. The van der Waals surface area contributed by atoms with E-state index in [9.17, 15) is 18.4 Å². The Bertz CT molecular complexity index is 1010. The van der Waals surface area contributed by atoms with Gasteiger partial charge in [0.05, 0.1) is 5.56 Å². The van der Waals surface area contributed by atoms with Crippen molar-refractivity contribution in [3.05, 3.63) is 35.0 Å². The molecule has 0 aliphatic carbocycles. The van der Waals surface area contributed by atoms with Gasteiger partial charge in [-0.2, -0.15) is 13.9 Å². The second-order valence-corrected chi connectivity index (χ2v) is 8.45. The van der Waals surface area contributed by atoms with E-state index >= 15 is 0 Å². The van der Waals surface area contributed by atoms with Gasteiger partial charge in [0.15, 0.2) is 0 Å². The monoisotopic (exact) mass is 489 g/mol. The van der Waals surface area contributed by atoms with Crippen molar-refractivity contribution in [2.45, 2.75) is 13.2 Å². The maximum Gasteiger partial charge on any atom is 0.387 e. The first-order valence-electron chi connectivity index (χ1n) is 9.79. The van der Waals surface area contributed by atoms with Gasteiger partial charge >= 0.3 is 6.61 Å². The molecule has 0 radical (unpaired) electrons. The predicted octanol–water partition coefficient (Wildman–Crippen LogP) is 2.35. The van der Waals surface area contributed by atoms with Crippen LogP contribution < -0.4 is 10.5 Å².